The summed E-state index contributed by atoms with van der Waals surface area (Å²) in [4.78, 5) is 16.3. The molecule has 0 aliphatic heterocycles. The van der Waals surface area contributed by atoms with Crippen molar-refractivity contribution in [3.63, 3.8) is 0 Å². The Morgan fingerprint density at radius 1 is 1.23 bits per heavy atom. The topological polar surface area (TPSA) is 59.8 Å². The number of benzene rings is 1. The average molecular weight is 317 g/mol. The third-order valence-electron chi connectivity index (χ3n) is 2.93. The molecule has 1 aromatic carbocycles. The lowest BCUT2D eigenvalue weighted by atomic mass is 10.2. The molecule has 0 unspecified atom stereocenters. The zero-order chi connectivity index (χ0) is 15.5. The van der Waals surface area contributed by atoms with Crippen LogP contribution in [0, 0.1) is 5.82 Å². The number of anilines is 1. The van der Waals surface area contributed by atoms with Gasteiger partial charge >= 0.3 is 0 Å². The molecule has 0 fully saturated rings. The molecule has 0 atom stereocenters. The molecule has 7 heteroatoms. The number of carbonyl (C=O) groups is 1. The number of hydrogen-bond donors (Lipinski definition) is 1. The lowest BCUT2D eigenvalue weighted by Crippen LogP contribution is -2.14. The zero-order valence-electron chi connectivity index (χ0n) is 11.2. The first-order chi connectivity index (χ1) is 10.6. The Kier molecular flexibility index (Phi) is 3.84. The first-order valence-electron chi connectivity index (χ1n) is 6.36. The Balaban J connectivity index is 1.80. The predicted molar refractivity (Wildman–Crippen MR) is 80.7 cm³/mol. The minimum Gasteiger partial charge on any atom is -0.320 e. The molecule has 3 aromatic rings. The minimum absolute atomic E-state index is 0.0543. The Bertz CT molecular complexity index is 783. The van der Waals surface area contributed by atoms with E-state index in [4.69, 9.17) is 11.6 Å². The van der Waals surface area contributed by atoms with Crippen LogP contribution in [0.15, 0.2) is 55.0 Å². The zero-order valence-corrected chi connectivity index (χ0v) is 12.0. The second-order valence-corrected chi connectivity index (χ2v) is 4.81. The van der Waals surface area contributed by atoms with Crippen LogP contribution in [0.2, 0.25) is 5.02 Å². The van der Waals surface area contributed by atoms with Crippen LogP contribution in [0.1, 0.15) is 10.4 Å². The lowest BCUT2D eigenvalue weighted by molar-refractivity contribution is 0.102. The maximum Gasteiger partial charge on any atom is 0.260 e. The lowest BCUT2D eigenvalue weighted by Gasteiger charge is -2.08. The van der Waals surface area contributed by atoms with Crippen LogP contribution in [0.4, 0.5) is 10.1 Å². The van der Waals surface area contributed by atoms with Crippen molar-refractivity contribution in [1.82, 2.24) is 14.8 Å². The largest absolute Gasteiger partial charge is 0.320 e. The fourth-order valence-electron chi connectivity index (χ4n) is 1.91. The van der Waals surface area contributed by atoms with Gasteiger partial charge in [-0.05, 0) is 30.3 Å². The van der Waals surface area contributed by atoms with Crippen molar-refractivity contribution in [3.8, 4) is 5.82 Å². The molecule has 1 amide bonds. The Hall–Kier alpha value is -2.73. The van der Waals surface area contributed by atoms with Crippen molar-refractivity contribution in [2.24, 2.45) is 0 Å². The molecule has 5 nitrogen and oxygen atoms in total. The summed E-state index contributed by atoms with van der Waals surface area (Å²) < 4.78 is 15.3. The van der Waals surface area contributed by atoms with Crippen LogP contribution in [0.5, 0.6) is 0 Å². The Morgan fingerprint density at radius 2 is 2.09 bits per heavy atom. The van der Waals surface area contributed by atoms with E-state index >= 15 is 0 Å². The quantitative estimate of drug-likeness (QED) is 0.806. The molecule has 110 valence electrons. The van der Waals surface area contributed by atoms with E-state index < -0.39 is 11.7 Å². The molecular weight excluding hydrogens is 307 g/mol. The van der Waals surface area contributed by atoms with Crippen LogP contribution >= 0.6 is 11.6 Å². The summed E-state index contributed by atoms with van der Waals surface area (Å²) in [5, 5.41) is 6.66. The summed E-state index contributed by atoms with van der Waals surface area (Å²) in [5.74, 6) is -0.699. The maximum atomic E-state index is 13.7. The highest BCUT2D eigenvalue weighted by Gasteiger charge is 2.15. The molecule has 1 N–H and O–H groups in total. The number of halogens is 2. The summed E-state index contributed by atoms with van der Waals surface area (Å²) >= 11 is 5.86. The van der Waals surface area contributed by atoms with Gasteiger partial charge in [0.2, 0.25) is 0 Å². The van der Waals surface area contributed by atoms with Crippen molar-refractivity contribution in [2.75, 3.05) is 5.32 Å². The highest BCUT2D eigenvalue weighted by molar-refractivity contribution is 6.34. The van der Waals surface area contributed by atoms with Gasteiger partial charge in [0.05, 0.1) is 22.5 Å². The number of amides is 1. The normalized spacial score (nSPS) is 10.5. The predicted octanol–water partition coefficient (Wildman–Crippen LogP) is 3.31. The molecule has 22 heavy (non-hydrogen) atoms. The van der Waals surface area contributed by atoms with Crippen molar-refractivity contribution in [2.45, 2.75) is 0 Å². The molecule has 0 saturated carbocycles. The number of aromatic nitrogens is 3. The van der Waals surface area contributed by atoms with E-state index in [1.807, 2.05) is 0 Å². The Labute approximate surface area is 130 Å². The van der Waals surface area contributed by atoms with Gasteiger partial charge < -0.3 is 5.32 Å². The molecular formula is C15H10ClFN4O. The Morgan fingerprint density at radius 3 is 2.73 bits per heavy atom. The second-order valence-electron chi connectivity index (χ2n) is 4.41. The van der Waals surface area contributed by atoms with E-state index in [-0.39, 0.29) is 10.6 Å². The van der Waals surface area contributed by atoms with Gasteiger partial charge in [-0.3, -0.25) is 4.79 Å². The summed E-state index contributed by atoms with van der Waals surface area (Å²) in [5.41, 5.74) is 0.237. The van der Waals surface area contributed by atoms with Crippen molar-refractivity contribution < 1.29 is 9.18 Å². The third kappa shape index (κ3) is 2.82. The fourth-order valence-corrected chi connectivity index (χ4v) is 2.16. The van der Waals surface area contributed by atoms with Crippen LogP contribution in [0.3, 0.4) is 0 Å². The molecule has 0 radical (unpaired) electrons. The molecule has 0 saturated heterocycles. The molecule has 3 rings (SSSR count). The first-order valence-corrected chi connectivity index (χ1v) is 6.74. The van der Waals surface area contributed by atoms with Gasteiger partial charge in [-0.1, -0.05) is 17.7 Å². The summed E-state index contributed by atoms with van der Waals surface area (Å²) in [6.45, 7) is 0. The number of nitrogens with zero attached hydrogens (tertiary/aromatic N) is 3. The summed E-state index contributed by atoms with van der Waals surface area (Å²) in [7, 11) is 0. The summed E-state index contributed by atoms with van der Waals surface area (Å²) in [6.07, 6.45) is 4.85. The van der Waals surface area contributed by atoms with Gasteiger partial charge in [-0.25, -0.2) is 14.1 Å². The number of hydrogen-bond acceptors (Lipinski definition) is 3. The number of pyridine rings is 1. The average Bonchev–Trinajstić information content (AvgIpc) is 3.02. The van der Waals surface area contributed by atoms with E-state index in [1.54, 1.807) is 35.3 Å². The maximum absolute atomic E-state index is 13.7. The fraction of sp³-hybridized carbons (Fsp3) is 0. The van der Waals surface area contributed by atoms with Gasteiger partial charge in [0.25, 0.3) is 5.91 Å². The summed E-state index contributed by atoms with van der Waals surface area (Å²) in [6, 6.07) is 9.19. The minimum atomic E-state index is -0.675. The van der Waals surface area contributed by atoms with Crippen LogP contribution in [-0.4, -0.2) is 20.7 Å². The molecule has 2 heterocycles. The SMILES string of the molecule is O=C(Nc1ccc(-n2cccn2)nc1)c1c(F)cccc1Cl. The van der Waals surface area contributed by atoms with Gasteiger partial charge in [0.1, 0.15) is 5.82 Å². The third-order valence-corrected chi connectivity index (χ3v) is 3.25. The molecule has 0 bridgehead atoms. The highest BCUT2D eigenvalue weighted by atomic mass is 35.5. The molecule has 0 aliphatic rings. The highest BCUT2D eigenvalue weighted by Crippen LogP contribution is 2.20. The van der Waals surface area contributed by atoms with Crippen LogP contribution in [0.25, 0.3) is 5.82 Å². The van der Waals surface area contributed by atoms with E-state index in [1.165, 1.54) is 24.4 Å². The van der Waals surface area contributed by atoms with E-state index in [9.17, 15) is 9.18 Å². The number of rotatable bonds is 3. The van der Waals surface area contributed by atoms with Crippen LogP contribution in [-0.2, 0) is 0 Å². The second kappa shape index (κ2) is 5.95. The number of carbonyl (C=O) groups excluding carboxylic acids is 1. The monoisotopic (exact) mass is 316 g/mol. The van der Waals surface area contributed by atoms with Crippen molar-refractivity contribution in [3.05, 3.63) is 71.4 Å². The number of nitrogens with one attached hydrogen (secondary N) is 1. The standard InChI is InChI=1S/C15H10ClFN4O/c16-11-3-1-4-12(17)14(11)15(22)20-10-5-6-13(18-9-10)21-8-2-7-19-21/h1-9H,(H,20,22). The van der Waals surface area contributed by atoms with E-state index in [0.29, 0.717) is 11.5 Å². The van der Waals surface area contributed by atoms with Gasteiger partial charge in [-0.2, -0.15) is 5.10 Å². The molecule has 0 spiro atoms. The molecule has 0 aliphatic carbocycles. The first kappa shape index (κ1) is 14.2. The van der Waals surface area contributed by atoms with Gasteiger partial charge in [-0.15, -0.1) is 0 Å². The van der Waals surface area contributed by atoms with E-state index in [0.717, 1.165) is 0 Å². The van der Waals surface area contributed by atoms with Crippen molar-refractivity contribution >= 4 is 23.2 Å². The van der Waals surface area contributed by atoms with Crippen LogP contribution < -0.4 is 5.32 Å². The van der Waals surface area contributed by atoms with Crippen molar-refractivity contribution in [1.29, 1.82) is 0 Å². The van der Waals surface area contributed by atoms with Gasteiger partial charge in [0, 0.05) is 12.4 Å². The molecule has 2 aromatic heterocycles. The van der Waals surface area contributed by atoms with E-state index in [2.05, 4.69) is 15.4 Å². The smallest absolute Gasteiger partial charge is 0.260 e. The van der Waals surface area contributed by atoms with Gasteiger partial charge in [0.15, 0.2) is 5.82 Å².